The van der Waals surface area contributed by atoms with Gasteiger partial charge in [0, 0.05) is 12.8 Å². The molecule has 0 aromatic heterocycles. The molecule has 0 heterocycles. The van der Waals surface area contributed by atoms with E-state index < -0.39 is 12.1 Å². The Morgan fingerprint density at radius 1 is 0.368 bits per heavy atom. The third kappa shape index (κ3) is 61.0. The average molecular weight is 1070 g/mol. The van der Waals surface area contributed by atoms with Gasteiger partial charge in [0.1, 0.15) is 0 Å². The summed E-state index contributed by atoms with van der Waals surface area (Å²) in [6.45, 7) is 4.91. The first-order chi connectivity index (χ1) is 37.5. The van der Waals surface area contributed by atoms with Gasteiger partial charge >= 0.3 is 5.97 Å². The number of hydrogen-bond donors (Lipinski definition) is 3. The van der Waals surface area contributed by atoms with Gasteiger partial charge in [0.25, 0.3) is 0 Å². The smallest absolute Gasteiger partial charge is 0.305 e. The maximum Gasteiger partial charge on any atom is 0.305 e. The van der Waals surface area contributed by atoms with Crippen LogP contribution in [0.25, 0.3) is 0 Å². The van der Waals surface area contributed by atoms with Gasteiger partial charge < -0.3 is 20.3 Å². The van der Waals surface area contributed by atoms with Crippen molar-refractivity contribution in [3.63, 3.8) is 0 Å². The van der Waals surface area contributed by atoms with Crippen molar-refractivity contribution >= 4 is 11.9 Å². The number of nitrogens with one attached hydrogen (secondary N) is 1. The lowest BCUT2D eigenvalue weighted by molar-refractivity contribution is -0.143. The Balaban J connectivity index is 3.41. The number of allylic oxidation sites excluding steroid dienone is 7. The number of unbranched alkanes of at least 4 members (excludes halogenated alkanes) is 46. The van der Waals surface area contributed by atoms with Crippen LogP contribution in [0.1, 0.15) is 361 Å². The van der Waals surface area contributed by atoms with E-state index in [0.717, 1.165) is 51.4 Å². The van der Waals surface area contributed by atoms with Crippen molar-refractivity contribution in [1.29, 1.82) is 0 Å². The predicted octanol–water partition coefficient (Wildman–Crippen LogP) is 21.7. The lowest BCUT2D eigenvalue weighted by Gasteiger charge is -2.20. The fourth-order valence-electron chi connectivity index (χ4n) is 10.4. The van der Waals surface area contributed by atoms with Crippen LogP contribution in [-0.2, 0) is 14.3 Å². The summed E-state index contributed by atoms with van der Waals surface area (Å²) in [5.74, 6) is -0.0611. The number of hydrogen-bond acceptors (Lipinski definition) is 5. The highest BCUT2D eigenvalue weighted by atomic mass is 16.5. The van der Waals surface area contributed by atoms with Gasteiger partial charge in [-0.2, -0.15) is 0 Å². The second-order valence-electron chi connectivity index (χ2n) is 23.1. The zero-order valence-corrected chi connectivity index (χ0v) is 51.0. The summed E-state index contributed by atoms with van der Waals surface area (Å²) < 4.78 is 5.50. The van der Waals surface area contributed by atoms with Crippen molar-refractivity contribution in [3.8, 4) is 0 Å². The van der Waals surface area contributed by atoms with Crippen LogP contribution in [0.3, 0.4) is 0 Å². The molecule has 0 spiro atoms. The zero-order valence-electron chi connectivity index (χ0n) is 51.0. The van der Waals surface area contributed by atoms with Crippen LogP contribution < -0.4 is 5.32 Å². The SMILES string of the molecule is CCCCCCCC/C=C\CCCCCCCCCCCC(=O)OCCCCCCCCCCC/C=C\C/C=C\CCCCCCCCCCCCCC(=O)NC(CO)C(O)/C=C/CCCCCCCCCCCCC. The quantitative estimate of drug-likeness (QED) is 0.0320. The van der Waals surface area contributed by atoms with Crippen LogP contribution >= 0.6 is 0 Å². The molecule has 0 radical (unpaired) electrons. The molecule has 3 N–H and O–H groups in total. The Bertz CT molecular complexity index is 1270. The van der Waals surface area contributed by atoms with E-state index in [1.807, 2.05) is 6.08 Å². The highest BCUT2D eigenvalue weighted by Gasteiger charge is 2.18. The third-order valence-corrected chi connectivity index (χ3v) is 15.6. The number of aliphatic hydroxyl groups is 2. The number of rotatable bonds is 63. The molecule has 446 valence electrons. The van der Waals surface area contributed by atoms with E-state index in [1.165, 1.54) is 283 Å². The van der Waals surface area contributed by atoms with Crippen LogP contribution in [-0.4, -0.2) is 47.4 Å². The van der Waals surface area contributed by atoms with E-state index in [4.69, 9.17) is 4.74 Å². The summed E-state index contributed by atoms with van der Waals surface area (Å²) in [6.07, 6.45) is 84.6. The van der Waals surface area contributed by atoms with Crippen molar-refractivity contribution in [2.45, 2.75) is 373 Å². The fraction of sp³-hybridized carbons (Fsp3) is 0.857. The molecule has 2 atom stereocenters. The summed E-state index contributed by atoms with van der Waals surface area (Å²) >= 11 is 0. The molecule has 1 amide bonds. The van der Waals surface area contributed by atoms with E-state index in [-0.39, 0.29) is 18.5 Å². The van der Waals surface area contributed by atoms with E-state index in [9.17, 15) is 19.8 Å². The molecular weight excluding hydrogens is 935 g/mol. The van der Waals surface area contributed by atoms with Crippen molar-refractivity contribution < 1.29 is 24.5 Å². The van der Waals surface area contributed by atoms with Gasteiger partial charge in [-0.25, -0.2) is 0 Å². The summed E-state index contributed by atoms with van der Waals surface area (Å²) in [6, 6.07) is -0.630. The summed E-state index contributed by atoms with van der Waals surface area (Å²) in [5.41, 5.74) is 0. The molecule has 0 saturated carbocycles. The molecule has 0 bridgehead atoms. The average Bonchev–Trinajstić information content (AvgIpc) is 3.42. The first-order valence-electron chi connectivity index (χ1n) is 33.9. The zero-order chi connectivity index (χ0) is 55.0. The lowest BCUT2D eigenvalue weighted by Crippen LogP contribution is -2.45. The number of carbonyl (C=O) groups is 2. The number of ether oxygens (including phenoxy) is 1. The van der Waals surface area contributed by atoms with Crippen molar-refractivity contribution in [3.05, 3.63) is 48.6 Å². The summed E-state index contributed by atoms with van der Waals surface area (Å²) in [4.78, 5) is 24.6. The van der Waals surface area contributed by atoms with Crippen molar-refractivity contribution in [2.75, 3.05) is 13.2 Å². The molecule has 0 saturated heterocycles. The monoisotopic (exact) mass is 1070 g/mol. The van der Waals surface area contributed by atoms with E-state index in [1.54, 1.807) is 6.08 Å². The predicted molar refractivity (Wildman–Crippen MR) is 333 cm³/mol. The molecule has 0 aromatic rings. The van der Waals surface area contributed by atoms with Gasteiger partial charge in [0.15, 0.2) is 0 Å². The van der Waals surface area contributed by atoms with E-state index in [2.05, 4.69) is 55.6 Å². The molecule has 6 nitrogen and oxygen atoms in total. The van der Waals surface area contributed by atoms with Crippen molar-refractivity contribution in [2.24, 2.45) is 0 Å². The van der Waals surface area contributed by atoms with Gasteiger partial charge in [0.2, 0.25) is 5.91 Å². The lowest BCUT2D eigenvalue weighted by atomic mass is 10.0. The van der Waals surface area contributed by atoms with Crippen LogP contribution in [0.4, 0.5) is 0 Å². The standard InChI is InChI=1S/C70H131NO5/c1-3-5-7-9-11-13-15-17-18-19-29-33-36-40-44-48-52-56-60-64-70(75)76-65-61-57-53-49-45-41-37-34-31-28-26-24-22-20-21-23-25-27-30-32-35-39-43-47-51-55-59-63-69(74)71-67(66-72)68(73)62-58-54-50-46-42-38-16-14-12-10-8-6-4-2/h17-18,20-21,24,26,58,62,67-68,72-73H,3-16,19,22-23,25,27-57,59-61,63-66H2,1-2H3,(H,71,74)/b18-17-,21-20-,26-24-,62-58+. The fourth-order valence-corrected chi connectivity index (χ4v) is 10.4. The number of carbonyl (C=O) groups excluding carboxylic acids is 2. The Labute approximate surface area is 474 Å². The van der Waals surface area contributed by atoms with Gasteiger partial charge in [-0.15, -0.1) is 0 Å². The first-order valence-corrected chi connectivity index (χ1v) is 33.9. The molecule has 0 rings (SSSR count). The maximum atomic E-state index is 12.5. The largest absolute Gasteiger partial charge is 0.466 e. The number of esters is 1. The topological polar surface area (TPSA) is 95.9 Å². The van der Waals surface area contributed by atoms with Crippen molar-refractivity contribution in [1.82, 2.24) is 5.32 Å². The maximum absolute atomic E-state index is 12.5. The molecule has 0 aliphatic heterocycles. The summed E-state index contributed by atoms with van der Waals surface area (Å²) in [5, 5.41) is 23.1. The second kappa shape index (κ2) is 65.3. The molecule has 0 fully saturated rings. The van der Waals surface area contributed by atoms with E-state index >= 15 is 0 Å². The number of aliphatic hydroxyl groups excluding tert-OH is 2. The minimum absolute atomic E-state index is 0.00982. The Kier molecular flexibility index (Phi) is 63.5. The first kappa shape index (κ1) is 73.8. The van der Waals surface area contributed by atoms with Gasteiger partial charge in [-0.3, -0.25) is 9.59 Å². The third-order valence-electron chi connectivity index (χ3n) is 15.6. The van der Waals surface area contributed by atoms with Crippen LogP contribution in [0.15, 0.2) is 48.6 Å². The minimum atomic E-state index is -0.846. The molecule has 0 aliphatic rings. The Hall–Kier alpha value is -2.18. The molecule has 6 heteroatoms. The minimum Gasteiger partial charge on any atom is -0.466 e. The van der Waals surface area contributed by atoms with Crippen LogP contribution in [0.5, 0.6) is 0 Å². The Morgan fingerprint density at radius 3 is 1.01 bits per heavy atom. The highest BCUT2D eigenvalue weighted by Crippen LogP contribution is 2.17. The number of amides is 1. The van der Waals surface area contributed by atoms with Gasteiger partial charge in [-0.05, 0) is 89.9 Å². The normalized spacial score (nSPS) is 12.8. The Morgan fingerprint density at radius 2 is 0.658 bits per heavy atom. The molecule has 76 heavy (non-hydrogen) atoms. The van der Waals surface area contributed by atoms with Gasteiger partial charge in [-0.1, -0.05) is 306 Å². The highest BCUT2D eigenvalue weighted by molar-refractivity contribution is 5.76. The van der Waals surface area contributed by atoms with Crippen LogP contribution in [0.2, 0.25) is 0 Å². The van der Waals surface area contributed by atoms with Crippen LogP contribution in [0, 0.1) is 0 Å². The molecule has 2 unspecified atom stereocenters. The second-order valence-corrected chi connectivity index (χ2v) is 23.1. The summed E-state index contributed by atoms with van der Waals surface area (Å²) in [7, 11) is 0. The molecule has 0 aromatic carbocycles. The van der Waals surface area contributed by atoms with Gasteiger partial charge in [0.05, 0.1) is 25.4 Å². The molecule has 0 aliphatic carbocycles. The molecular formula is C70H131NO5. The van der Waals surface area contributed by atoms with E-state index in [0.29, 0.717) is 19.4 Å².